The van der Waals surface area contributed by atoms with E-state index in [-0.39, 0.29) is 18.9 Å². The van der Waals surface area contributed by atoms with E-state index in [1.165, 1.54) is 0 Å². The Bertz CT molecular complexity index is 1010. The number of nitrogens with one attached hydrogen (secondary N) is 1. The van der Waals surface area contributed by atoms with Gasteiger partial charge in [-0.25, -0.2) is 0 Å². The maximum absolute atomic E-state index is 12.3. The highest BCUT2D eigenvalue weighted by molar-refractivity contribution is 5.78. The summed E-state index contributed by atoms with van der Waals surface area (Å²) >= 11 is 0. The highest BCUT2D eigenvalue weighted by Crippen LogP contribution is 2.32. The molecule has 158 valence electrons. The highest BCUT2D eigenvalue weighted by atomic mass is 16.5. The zero-order valence-electron chi connectivity index (χ0n) is 17.4. The Morgan fingerprint density at radius 1 is 0.867 bits per heavy atom. The quantitative estimate of drug-likeness (QED) is 0.577. The smallest absolute Gasteiger partial charge is 0.224 e. The second-order valence-corrected chi connectivity index (χ2v) is 6.40. The van der Waals surface area contributed by atoms with Crippen LogP contribution in [-0.4, -0.2) is 39.5 Å². The van der Waals surface area contributed by atoms with Crippen molar-refractivity contribution in [3.05, 3.63) is 53.7 Å². The van der Waals surface area contributed by atoms with Gasteiger partial charge in [-0.1, -0.05) is 11.2 Å². The summed E-state index contributed by atoms with van der Waals surface area (Å²) in [6, 6.07) is 12.6. The fourth-order valence-electron chi connectivity index (χ4n) is 2.95. The molecule has 2 aromatic carbocycles. The lowest BCUT2D eigenvalue weighted by Crippen LogP contribution is -2.24. The number of nitrogens with zero attached hydrogens (tertiary/aromatic N) is 1. The zero-order valence-corrected chi connectivity index (χ0v) is 17.4. The van der Waals surface area contributed by atoms with E-state index in [0.29, 0.717) is 34.5 Å². The van der Waals surface area contributed by atoms with Crippen LogP contribution in [0.2, 0.25) is 0 Å². The number of amides is 1. The van der Waals surface area contributed by atoms with Gasteiger partial charge in [-0.2, -0.15) is 0 Å². The molecule has 8 nitrogen and oxygen atoms in total. The first kappa shape index (κ1) is 21.0. The summed E-state index contributed by atoms with van der Waals surface area (Å²) in [7, 11) is 6.27. The molecule has 0 saturated carbocycles. The topological polar surface area (TPSA) is 92.1 Å². The molecule has 0 atom stereocenters. The van der Waals surface area contributed by atoms with Crippen LogP contribution in [0.5, 0.6) is 23.0 Å². The Labute approximate surface area is 174 Å². The largest absolute Gasteiger partial charge is 0.493 e. The van der Waals surface area contributed by atoms with E-state index in [1.54, 1.807) is 58.8 Å². The minimum atomic E-state index is -0.141. The van der Waals surface area contributed by atoms with Crippen LogP contribution in [0.4, 0.5) is 0 Å². The Hall–Kier alpha value is -3.68. The van der Waals surface area contributed by atoms with Crippen molar-refractivity contribution < 1.29 is 28.3 Å². The van der Waals surface area contributed by atoms with Gasteiger partial charge in [-0.05, 0) is 35.9 Å². The summed E-state index contributed by atoms with van der Waals surface area (Å²) < 4.78 is 26.4. The lowest BCUT2D eigenvalue weighted by Gasteiger charge is -2.09. The molecule has 1 amide bonds. The fourth-order valence-corrected chi connectivity index (χ4v) is 2.95. The van der Waals surface area contributed by atoms with E-state index in [4.69, 9.17) is 23.5 Å². The molecular formula is C22H24N2O6. The second-order valence-electron chi connectivity index (χ2n) is 6.40. The van der Waals surface area contributed by atoms with Crippen LogP contribution in [0.25, 0.3) is 11.3 Å². The number of ether oxygens (including phenoxy) is 4. The molecule has 0 aliphatic rings. The van der Waals surface area contributed by atoms with Crippen LogP contribution < -0.4 is 24.3 Å². The Morgan fingerprint density at radius 3 is 2.17 bits per heavy atom. The third kappa shape index (κ3) is 4.83. The minimum absolute atomic E-state index is 0.141. The van der Waals surface area contributed by atoms with Crippen molar-refractivity contribution in [2.75, 3.05) is 28.4 Å². The Balaban J connectivity index is 1.61. The molecule has 0 saturated heterocycles. The van der Waals surface area contributed by atoms with Crippen LogP contribution in [-0.2, 0) is 17.8 Å². The first-order valence-electron chi connectivity index (χ1n) is 9.23. The van der Waals surface area contributed by atoms with Crippen LogP contribution in [0.3, 0.4) is 0 Å². The average molecular weight is 412 g/mol. The van der Waals surface area contributed by atoms with Gasteiger partial charge >= 0.3 is 0 Å². The van der Waals surface area contributed by atoms with Gasteiger partial charge in [0.05, 0.1) is 41.4 Å². The minimum Gasteiger partial charge on any atom is -0.493 e. The van der Waals surface area contributed by atoms with Crippen LogP contribution in [0.1, 0.15) is 11.3 Å². The number of carbonyl (C=O) groups is 1. The van der Waals surface area contributed by atoms with Crippen molar-refractivity contribution in [1.82, 2.24) is 10.5 Å². The summed E-state index contributed by atoms with van der Waals surface area (Å²) in [5.74, 6) is 2.85. The van der Waals surface area contributed by atoms with Crippen molar-refractivity contribution in [2.45, 2.75) is 13.0 Å². The molecule has 3 rings (SSSR count). The van der Waals surface area contributed by atoms with E-state index >= 15 is 0 Å². The van der Waals surface area contributed by atoms with Gasteiger partial charge in [-0.3, -0.25) is 4.79 Å². The molecule has 30 heavy (non-hydrogen) atoms. The number of benzene rings is 2. The lowest BCUT2D eigenvalue weighted by molar-refractivity contribution is -0.120. The maximum atomic E-state index is 12.3. The average Bonchev–Trinajstić information content (AvgIpc) is 3.26. The van der Waals surface area contributed by atoms with Gasteiger partial charge in [-0.15, -0.1) is 0 Å². The van der Waals surface area contributed by atoms with E-state index in [1.807, 2.05) is 12.1 Å². The molecule has 3 aromatic rings. The molecule has 0 radical (unpaired) electrons. The van der Waals surface area contributed by atoms with Gasteiger partial charge < -0.3 is 28.8 Å². The maximum Gasteiger partial charge on any atom is 0.224 e. The molecule has 0 aliphatic carbocycles. The molecule has 0 bridgehead atoms. The summed E-state index contributed by atoms with van der Waals surface area (Å²) in [5, 5.41) is 6.86. The molecule has 0 spiro atoms. The number of rotatable bonds is 9. The van der Waals surface area contributed by atoms with Crippen molar-refractivity contribution in [3.8, 4) is 34.3 Å². The van der Waals surface area contributed by atoms with E-state index in [9.17, 15) is 4.79 Å². The number of carbonyl (C=O) groups excluding carboxylic acids is 1. The van der Waals surface area contributed by atoms with Crippen molar-refractivity contribution >= 4 is 5.91 Å². The van der Waals surface area contributed by atoms with Gasteiger partial charge in [0.15, 0.2) is 28.8 Å². The van der Waals surface area contributed by atoms with Crippen LogP contribution in [0, 0.1) is 0 Å². The number of hydrogen-bond donors (Lipinski definition) is 1. The SMILES string of the molecule is COc1ccc(CC(=O)NCc2cc(-c3ccc(OC)c(OC)c3)on2)cc1OC. The first-order chi connectivity index (χ1) is 14.6. The monoisotopic (exact) mass is 412 g/mol. The van der Waals surface area contributed by atoms with Gasteiger partial charge in [0, 0.05) is 11.6 Å². The van der Waals surface area contributed by atoms with E-state index in [2.05, 4.69) is 10.5 Å². The van der Waals surface area contributed by atoms with E-state index < -0.39 is 0 Å². The highest BCUT2D eigenvalue weighted by Gasteiger charge is 2.12. The summed E-state index contributed by atoms with van der Waals surface area (Å²) in [4.78, 5) is 12.3. The van der Waals surface area contributed by atoms with Crippen molar-refractivity contribution in [2.24, 2.45) is 0 Å². The Morgan fingerprint density at radius 2 is 1.50 bits per heavy atom. The van der Waals surface area contributed by atoms with Crippen LogP contribution >= 0.6 is 0 Å². The van der Waals surface area contributed by atoms with Gasteiger partial charge in [0.2, 0.25) is 5.91 Å². The number of aromatic nitrogens is 1. The first-order valence-corrected chi connectivity index (χ1v) is 9.23. The second kappa shape index (κ2) is 9.69. The van der Waals surface area contributed by atoms with Crippen molar-refractivity contribution in [3.63, 3.8) is 0 Å². The third-order valence-electron chi connectivity index (χ3n) is 4.51. The number of methoxy groups -OCH3 is 4. The zero-order chi connectivity index (χ0) is 21.5. The molecule has 1 aromatic heterocycles. The third-order valence-corrected chi connectivity index (χ3v) is 4.51. The molecule has 0 fully saturated rings. The Kier molecular flexibility index (Phi) is 6.79. The molecule has 1 heterocycles. The molecule has 0 aliphatic heterocycles. The lowest BCUT2D eigenvalue weighted by atomic mass is 10.1. The van der Waals surface area contributed by atoms with Gasteiger partial charge in [0.1, 0.15) is 5.69 Å². The molecular weight excluding hydrogens is 388 g/mol. The normalized spacial score (nSPS) is 10.4. The molecule has 1 N–H and O–H groups in total. The molecule has 8 heteroatoms. The predicted octanol–water partition coefficient (Wildman–Crippen LogP) is 3.23. The summed E-state index contributed by atoms with van der Waals surface area (Å²) in [6.45, 7) is 0.253. The summed E-state index contributed by atoms with van der Waals surface area (Å²) in [5.41, 5.74) is 2.22. The predicted molar refractivity (Wildman–Crippen MR) is 110 cm³/mol. The standard InChI is InChI=1S/C22H24N2O6/c1-26-17-7-5-14(9-20(17)28-3)10-22(25)23-13-16-12-19(30-24-16)15-6-8-18(27-2)21(11-15)29-4/h5-9,11-12H,10,13H2,1-4H3,(H,23,25). The van der Waals surface area contributed by atoms with Gasteiger partial charge in [0.25, 0.3) is 0 Å². The summed E-state index contributed by atoms with van der Waals surface area (Å²) in [6.07, 6.45) is 0.209. The fraction of sp³-hybridized carbons (Fsp3) is 0.273. The molecule has 0 unspecified atom stereocenters. The van der Waals surface area contributed by atoms with E-state index in [0.717, 1.165) is 11.1 Å². The van der Waals surface area contributed by atoms with Crippen LogP contribution in [0.15, 0.2) is 47.0 Å². The number of hydrogen-bond acceptors (Lipinski definition) is 7. The van der Waals surface area contributed by atoms with Crippen molar-refractivity contribution in [1.29, 1.82) is 0 Å².